The van der Waals surface area contributed by atoms with Gasteiger partial charge < -0.3 is 14.4 Å². The van der Waals surface area contributed by atoms with Gasteiger partial charge in [0.2, 0.25) is 5.91 Å². The van der Waals surface area contributed by atoms with Gasteiger partial charge in [0.1, 0.15) is 5.82 Å². The molecule has 0 aliphatic carbocycles. The number of para-hydroxylation sites is 1. The second kappa shape index (κ2) is 8.38. The summed E-state index contributed by atoms with van der Waals surface area (Å²) >= 11 is 0. The average molecular weight is 416 g/mol. The van der Waals surface area contributed by atoms with E-state index in [0.717, 1.165) is 29.6 Å². The molecule has 0 bridgehead atoms. The molecule has 1 amide bonds. The van der Waals surface area contributed by atoms with Crippen LogP contribution in [0.15, 0.2) is 54.9 Å². The number of hydrogen-bond acceptors (Lipinski definition) is 3. The lowest BCUT2D eigenvalue weighted by Crippen LogP contribution is -2.35. The Morgan fingerprint density at radius 3 is 2.60 bits per heavy atom. The topological polar surface area (TPSA) is 41.4 Å². The maximum absolute atomic E-state index is 12.7. The van der Waals surface area contributed by atoms with E-state index in [1.807, 2.05) is 46.3 Å². The van der Waals surface area contributed by atoms with Crippen molar-refractivity contribution >= 4 is 22.6 Å². The molecule has 2 aromatic heterocycles. The summed E-state index contributed by atoms with van der Waals surface area (Å²) in [5.41, 5.74) is 0.358. The largest absolute Gasteiger partial charge is 0.417 e. The number of amides is 1. The second-order valence-electron chi connectivity index (χ2n) is 7.44. The SMILES string of the molecule is O=C(CCn1ccc2ccccc21)N1CCCN(c2ccc(C(F)(F)F)cn2)CC1. The van der Waals surface area contributed by atoms with Crippen LogP contribution in [0.25, 0.3) is 10.9 Å². The Morgan fingerprint density at radius 2 is 1.83 bits per heavy atom. The summed E-state index contributed by atoms with van der Waals surface area (Å²) in [6.45, 7) is 3.00. The van der Waals surface area contributed by atoms with Gasteiger partial charge in [0.25, 0.3) is 0 Å². The zero-order valence-electron chi connectivity index (χ0n) is 16.5. The van der Waals surface area contributed by atoms with E-state index in [2.05, 4.69) is 9.55 Å². The van der Waals surface area contributed by atoms with Crippen molar-refractivity contribution in [2.75, 3.05) is 31.1 Å². The minimum absolute atomic E-state index is 0.0926. The Kier molecular flexibility index (Phi) is 5.65. The Balaban J connectivity index is 1.34. The summed E-state index contributed by atoms with van der Waals surface area (Å²) in [6, 6.07) is 12.6. The maximum atomic E-state index is 12.7. The second-order valence-corrected chi connectivity index (χ2v) is 7.44. The van der Waals surface area contributed by atoms with Gasteiger partial charge in [-0.1, -0.05) is 18.2 Å². The van der Waals surface area contributed by atoms with Crippen molar-refractivity contribution in [3.8, 4) is 0 Å². The van der Waals surface area contributed by atoms with E-state index >= 15 is 0 Å². The molecule has 3 aromatic rings. The van der Waals surface area contributed by atoms with Crippen LogP contribution in [0, 0.1) is 0 Å². The van der Waals surface area contributed by atoms with E-state index in [1.54, 1.807) is 0 Å². The number of anilines is 1. The highest BCUT2D eigenvalue weighted by Gasteiger charge is 2.31. The van der Waals surface area contributed by atoms with E-state index < -0.39 is 11.7 Å². The minimum Gasteiger partial charge on any atom is -0.355 e. The highest BCUT2D eigenvalue weighted by Crippen LogP contribution is 2.29. The molecule has 158 valence electrons. The van der Waals surface area contributed by atoms with Crippen molar-refractivity contribution in [1.29, 1.82) is 0 Å². The molecule has 8 heteroatoms. The number of aryl methyl sites for hydroxylation is 1. The molecule has 30 heavy (non-hydrogen) atoms. The van der Waals surface area contributed by atoms with E-state index in [9.17, 15) is 18.0 Å². The van der Waals surface area contributed by atoms with Gasteiger partial charge in [-0.05, 0) is 36.1 Å². The predicted molar refractivity (Wildman–Crippen MR) is 109 cm³/mol. The molecule has 0 saturated carbocycles. The molecule has 3 heterocycles. The van der Waals surface area contributed by atoms with Gasteiger partial charge in [-0.15, -0.1) is 0 Å². The number of benzene rings is 1. The Labute approximate surface area is 172 Å². The lowest BCUT2D eigenvalue weighted by Gasteiger charge is -2.23. The number of carbonyl (C=O) groups excluding carboxylic acids is 1. The number of alkyl halides is 3. The first-order chi connectivity index (χ1) is 14.4. The third-order valence-electron chi connectivity index (χ3n) is 5.49. The van der Waals surface area contributed by atoms with Crippen molar-refractivity contribution in [2.24, 2.45) is 0 Å². The molecule has 5 nitrogen and oxygen atoms in total. The standard InChI is InChI=1S/C22H23F3N4O/c23-22(24,25)18-6-7-20(26-16-18)28-10-3-11-29(15-14-28)21(30)9-13-27-12-8-17-4-1-2-5-19(17)27/h1-2,4-8,12,16H,3,9-11,13-15H2. The van der Waals surface area contributed by atoms with Crippen molar-refractivity contribution in [3.05, 3.63) is 60.4 Å². The van der Waals surface area contributed by atoms with Crippen molar-refractivity contribution in [2.45, 2.75) is 25.6 Å². The van der Waals surface area contributed by atoms with Crippen LogP contribution in [-0.2, 0) is 17.5 Å². The number of halogens is 3. The minimum atomic E-state index is -4.39. The normalized spacial score (nSPS) is 15.4. The molecule has 1 aliphatic heterocycles. The molecule has 0 atom stereocenters. The molecule has 0 spiro atoms. The van der Waals surface area contributed by atoms with E-state index in [-0.39, 0.29) is 5.91 Å². The molecule has 1 fully saturated rings. The van der Waals surface area contributed by atoms with E-state index in [1.165, 1.54) is 6.07 Å². The number of pyridine rings is 1. The summed E-state index contributed by atoms with van der Waals surface area (Å²) in [6.07, 6.45) is -0.361. The maximum Gasteiger partial charge on any atom is 0.417 e. The molecule has 4 rings (SSSR count). The smallest absolute Gasteiger partial charge is 0.355 e. The van der Waals surface area contributed by atoms with Crippen molar-refractivity contribution in [3.63, 3.8) is 0 Å². The van der Waals surface area contributed by atoms with Gasteiger partial charge in [0.05, 0.1) is 5.56 Å². The number of aromatic nitrogens is 2. The summed E-state index contributed by atoms with van der Waals surface area (Å²) in [5, 5.41) is 1.15. The molecule has 0 unspecified atom stereocenters. The zero-order valence-corrected chi connectivity index (χ0v) is 16.5. The Hall–Kier alpha value is -3.03. The van der Waals surface area contributed by atoms with Crippen LogP contribution in [0.2, 0.25) is 0 Å². The highest BCUT2D eigenvalue weighted by molar-refractivity contribution is 5.80. The summed E-state index contributed by atoms with van der Waals surface area (Å²) in [7, 11) is 0. The predicted octanol–water partition coefficient (Wildman–Crippen LogP) is 4.18. The van der Waals surface area contributed by atoms with Gasteiger partial charge in [-0.25, -0.2) is 4.98 Å². The summed E-state index contributed by atoms with van der Waals surface area (Å²) in [5.74, 6) is 0.603. The summed E-state index contributed by atoms with van der Waals surface area (Å²) < 4.78 is 40.3. The quantitative estimate of drug-likeness (QED) is 0.641. The first-order valence-corrected chi connectivity index (χ1v) is 10.0. The van der Waals surface area contributed by atoms with Gasteiger partial charge in [-0.3, -0.25) is 4.79 Å². The number of nitrogens with zero attached hydrogens (tertiary/aromatic N) is 4. The average Bonchev–Trinajstić information content (AvgIpc) is 2.98. The third-order valence-corrected chi connectivity index (χ3v) is 5.49. The van der Waals surface area contributed by atoms with Gasteiger partial charge in [0.15, 0.2) is 0 Å². The third kappa shape index (κ3) is 4.42. The number of hydrogen-bond donors (Lipinski definition) is 0. The number of fused-ring (bicyclic) bond motifs is 1. The van der Waals surface area contributed by atoms with Crippen LogP contribution in [0.1, 0.15) is 18.4 Å². The molecular formula is C22H23F3N4O. The van der Waals surface area contributed by atoms with Crippen LogP contribution in [0.3, 0.4) is 0 Å². The van der Waals surface area contributed by atoms with Crippen molar-refractivity contribution in [1.82, 2.24) is 14.5 Å². The van der Waals surface area contributed by atoms with E-state index in [4.69, 9.17) is 0 Å². The first kappa shape index (κ1) is 20.3. The summed E-state index contributed by atoms with van der Waals surface area (Å²) in [4.78, 5) is 20.5. The van der Waals surface area contributed by atoms with Gasteiger partial charge in [0, 0.05) is 57.1 Å². The van der Waals surface area contributed by atoms with Crippen LogP contribution < -0.4 is 4.90 Å². The zero-order chi connectivity index (χ0) is 21.1. The highest BCUT2D eigenvalue weighted by atomic mass is 19.4. The fourth-order valence-corrected chi connectivity index (χ4v) is 3.85. The van der Waals surface area contributed by atoms with Gasteiger partial charge in [-0.2, -0.15) is 13.2 Å². The molecular weight excluding hydrogens is 393 g/mol. The first-order valence-electron chi connectivity index (χ1n) is 10.0. The fourth-order valence-electron chi connectivity index (χ4n) is 3.85. The monoisotopic (exact) mass is 416 g/mol. The molecule has 1 aromatic carbocycles. The number of carbonyl (C=O) groups is 1. The molecule has 0 radical (unpaired) electrons. The molecule has 1 aliphatic rings. The fraction of sp³-hybridized carbons (Fsp3) is 0.364. The Morgan fingerprint density at radius 1 is 1.00 bits per heavy atom. The Bertz CT molecular complexity index is 1010. The molecule has 0 N–H and O–H groups in total. The van der Waals surface area contributed by atoms with Crippen LogP contribution in [-0.4, -0.2) is 46.5 Å². The van der Waals surface area contributed by atoms with Gasteiger partial charge >= 0.3 is 6.18 Å². The lowest BCUT2D eigenvalue weighted by atomic mass is 10.2. The van der Waals surface area contributed by atoms with Crippen molar-refractivity contribution < 1.29 is 18.0 Å². The van der Waals surface area contributed by atoms with Crippen LogP contribution in [0.4, 0.5) is 19.0 Å². The van der Waals surface area contributed by atoms with E-state index in [0.29, 0.717) is 45.0 Å². The molecule has 1 saturated heterocycles. The van der Waals surface area contributed by atoms with Crippen LogP contribution in [0.5, 0.6) is 0 Å². The number of rotatable bonds is 4. The van der Waals surface area contributed by atoms with Crippen LogP contribution >= 0.6 is 0 Å². The lowest BCUT2D eigenvalue weighted by molar-refractivity contribution is -0.137.